The van der Waals surface area contributed by atoms with Crippen LogP contribution < -0.4 is 0 Å². The van der Waals surface area contributed by atoms with Crippen LogP contribution in [0.25, 0.3) is 27.8 Å². The first-order valence-electron chi connectivity index (χ1n) is 15.3. The van der Waals surface area contributed by atoms with Crippen LogP contribution in [0.3, 0.4) is 0 Å². The van der Waals surface area contributed by atoms with E-state index >= 15 is 8.78 Å². The van der Waals surface area contributed by atoms with Gasteiger partial charge in [-0.1, -0.05) is 85.9 Å². The molecule has 3 aromatic rings. The molecule has 5 heteroatoms. The lowest BCUT2D eigenvalue weighted by Crippen LogP contribution is -2.23. The average Bonchev–Trinajstić information content (AvgIpc) is 3.01. The van der Waals surface area contributed by atoms with Crippen molar-refractivity contribution in [1.82, 2.24) is 0 Å². The first-order chi connectivity index (χ1) is 19.9. The summed E-state index contributed by atoms with van der Waals surface area (Å²) in [5.74, 6) is -1.20. The lowest BCUT2D eigenvalue weighted by molar-refractivity contribution is 0.190. The SMILES string of the molecule is BCc1ccc(-c2ccc(-c3ccc(C4=CCC(C5CCC(CC/C=C/C)CC5)CC4)c(F)c3F)cc2)c(F)c1F. The molecule has 0 saturated heterocycles. The third-order valence-electron chi connectivity index (χ3n) is 9.47. The standard InChI is InChI=1S/C36H39BF4/c1-2-3-4-5-23-6-8-24(9-7-23)25-10-12-26(13-11-25)31-20-21-32(36(41)35(31)40)28-16-14-27(15-17-28)30-19-18-29(22-37)33(38)34(30)39/h2-3,12,14-21,23-25H,4-11,13,22,37H2,1H3/b3-2+. The molecule has 1 saturated carbocycles. The lowest BCUT2D eigenvalue weighted by atomic mass is 9.70. The molecule has 1 atom stereocenters. The predicted molar refractivity (Wildman–Crippen MR) is 164 cm³/mol. The van der Waals surface area contributed by atoms with Gasteiger partial charge in [-0.2, -0.15) is 0 Å². The summed E-state index contributed by atoms with van der Waals surface area (Å²) >= 11 is 0. The molecule has 0 aromatic heterocycles. The van der Waals surface area contributed by atoms with Gasteiger partial charge in [0.05, 0.1) is 0 Å². The molecule has 0 radical (unpaired) electrons. The molecule has 0 spiro atoms. The highest BCUT2D eigenvalue weighted by atomic mass is 19.2. The molecule has 2 aliphatic rings. The first kappa shape index (κ1) is 29.4. The number of rotatable bonds is 8. The molecule has 0 amide bonds. The number of benzene rings is 3. The van der Waals surface area contributed by atoms with E-state index < -0.39 is 23.3 Å². The minimum atomic E-state index is -0.894. The summed E-state index contributed by atoms with van der Waals surface area (Å²) in [6.45, 7) is 2.08. The molecular weight excluding hydrogens is 519 g/mol. The number of hydrogen-bond acceptors (Lipinski definition) is 0. The molecule has 3 aromatic carbocycles. The normalized spacial score (nSPS) is 21.3. The van der Waals surface area contributed by atoms with Crippen molar-refractivity contribution in [3.63, 3.8) is 0 Å². The van der Waals surface area contributed by atoms with Gasteiger partial charge in [-0.15, -0.1) is 0 Å². The van der Waals surface area contributed by atoms with E-state index in [0.29, 0.717) is 34.5 Å². The van der Waals surface area contributed by atoms with Crippen molar-refractivity contribution in [2.45, 2.75) is 71.0 Å². The van der Waals surface area contributed by atoms with Crippen LogP contribution in [-0.2, 0) is 6.32 Å². The monoisotopic (exact) mass is 558 g/mol. The highest BCUT2D eigenvalue weighted by Gasteiger charge is 2.29. The van der Waals surface area contributed by atoms with E-state index in [0.717, 1.165) is 36.7 Å². The van der Waals surface area contributed by atoms with Crippen LogP contribution in [-0.4, -0.2) is 7.85 Å². The molecule has 214 valence electrons. The number of allylic oxidation sites excluding steroid dienone is 4. The predicted octanol–water partition coefficient (Wildman–Crippen LogP) is 10.1. The van der Waals surface area contributed by atoms with Gasteiger partial charge < -0.3 is 0 Å². The van der Waals surface area contributed by atoms with Gasteiger partial charge in [0.2, 0.25) is 0 Å². The van der Waals surface area contributed by atoms with Crippen molar-refractivity contribution in [2.75, 3.05) is 0 Å². The van der Waals surface area contributed by atoms with Crippen LogP contribution >= 0.6 is 0 Å². The van der Waals surface area contributed by atoms with Crippen LogP contribution in [0.2, 0.25) is 0 Å². The molecule has 5 rings (SSSR count). The molecule has 0 nitrogen and oxygen atoms in total. The molecule has 0 aliphatic heterocycles. The van der Waals surface area contributed by atoms with Gasteiger partial charge in [-0.25, -0.2) is 17.6 Å². The Balaban J connectivity index is 1.25. The van der Waals surface area contributed by atoms with Crippen molar-refractivity contribution in [1.29, 1.82) is 0 Å². The summed E-state index contributed by atoms with van der Waals surface area (Å²) in [5.41, 5.74) is 2.84. The zero-order valence-corrected chi connectivity index (χ0v) is 24.2. The number of hydrogen-bond donors (Lipinski definition) is 0. The molecule has 0 heterocycles. The van der Waals surface area contributed by atoms with E-state index in [2.05, 4.69) is 25.2 Å². The van der Waals surface area contributed by atoms with Crippen molar-refractivity contribution in [2.24, 2.45) is 17.8 Å². The summed E-state index contributed by atoms with van der Waals surface area (Å²) in [5, 5.41) is 0. The lowest BCUT2D eigenvalue weighted by Gasteiger charge is -2.35. The van der Waals surface area contributed by atoms with E-state index in [4.69, 9.17) is 0 Å². The van der Waals surface area contributed by atoms with Gasteiger partial charge in [-0.05, 0) is 91.9 Å². The van der Waals surface area contributed by atoms with Crippen molar-refractivity contribution < 1.29 is 17.6 Å². The Labute approximate surface area is 243 Å². The third kappa shape index (κ3) is 6.39. The molecule has 0 N–H and O–H groups in total. The maximum absolute atomic E-state index is 15.4. The summed E-state index contributed by atoms with van der Waals surface area (Å²) in [4.78, 5) is 0. The molecular formula is C36H39BF4. The third-order valence-corrected chi connectivity index (χ3v) is 9.47. The Morgan fingerprint density at radius 3 is 1.88 bits per heavy atom. The van der Waals surface area contributed by atoms with Crippen molar-refractivity contribution in [3.05, 3.63) is 101 Å². The topological polar surface area (TPSA) is 0 Å². The average molecular weight is 559 g/mol. The van der Waals surface area contributed by atoms with E-state index in [1.165, 1.54) is 38.5 Å². The van der Waals surface area contributed by atoms with Crippen LogP contribution in [0, 0.1) is 41.0 Å². The Morgan fingerprint density at radius 1 is 0.707 bits per heavy atom. The first-order valence-corrected chi connectivity index (χ1v) is 15.3. The fourth-order valence-electron chi connectivity index (χ4n) is 6.91. The van der Waals surface area contributed by atoms with Crippen LogP contribution in [0.1, 0.15) is 75.8 Å². The number of halogens is 4. The van der Waals surface area contributed by atoms with Gasteiger partial charge in [0, 0.05) is 16.7 Å². The van der Waals surface area contributed by atoms with E-state index in [1.54, 1.807) is 56.4 Å². The van der Waals surface area contributed by atoms with E-state index in [1.807, 2.05) is 0 Å². The molecule has 2 aliphatic carbocycles. The molecule has 41 heavy (non-hydrogen) atoms. The quantitative estimate of drug-likeness (QED) is 0.147. The highest BCUT2D eigenvalue weighted by molar-refractivity contribution is 6.08. The van der Waals surface area contributed by atoms with Gasteiger partial charge in [-0.3, -0.25) is 0 Å². The Morgan fingerprint density at radius 2 is 1.29 bits per heavy atom. The Kier molecular flexibility index (Phi) is 9.52. The molecule has 1 fully saturated rings. The smallest absolute Gasteiger partial charge is 0.167 e. The van der Waals surface area contributed by atoms with Gasteiger partial charge in [0.1, 0.15) is 7.85 Å². The van der Waals surface area contributed by atoms with E-state index in [9.17, 15) is 8.78 Å². The zero-order chi connectivity index (χ0) is 28.9. The van der Waals surface area contributed by atoms with Crippen molar-refractivity contribution >= 4 is 13.4 Å². The minimum absolute atomic E-state index is 0.147. The summed E-state index contributed by atoms with van der Waals surface area (Å²) in [7, 11) is 1.77. The second-order valence-electron chi connectivity index (χ2n) is 11.8. The van der Waals surface area contributed by atoms with E-state index in [-0.39, 0.29) is 11.1 Å². The Bertz CT molecular complexity index is 1410. The van der Waals surface area contributed by atoms with Gasteiger partial charge >= 0.3 is 0 Å². The minimum Gasteiger partial charge on any atom is -0.203 e. The summed E-state index contributed by atoms with van der Waals surface area (Å²) in [6.07, 6.45) is 17.4. The maximum atomic E-state index is 15.4. The maximum Gasteiger partial charge on any atom is 0.167 e. The second kappa shape index (κ2) is 13.3. The van der Waals surface area contributed by atoms with Crippen LogP contribution in [0.5, 0.6) is 0 Å². The molecule has 0 bridgehead atoms. The summed E-state index contributed by atoms with van der Waals surface area (Å²) in [6, 6.07) is 12.9. The van der Waals surface area contributed by atoms with Crippen molar-refractivity contribution in [3.8, 4) is 22.3 Å². The van der Waals surface area contributed by atoms with Gasteiger partial charge in [0.25, 0.3) is 0 Å². The highest BCUT2D eigenvalue weighted by Crippen LogP contribution is 2.43. The molecule has 1 unspecified atom stereocenters. The summed E-state index contributed by atoms with van der Waals surface area (Å²) < 4.78 is 59.6. The van der Waals surface area contributed by atoms with Crippen LogP contribution in [0.15, 0.2) is 66.8 Å². The second-order valence-corrected chi connectivity index (χ2v) is 11.8. The Hall–Kier alpha value is -3.08. The van der Waals surface area contributed by atoms with Crippen LogP contribution in [0.4, 0.5) is 17.6 Å². The zero-order valence-electron chi connectivity index (χ0n) is 24.2. The fourth-order valence-corrected chi connectivity index (χ4v) is 6.91. The fraction of sp³-hybridized carbons (Fsp3) is 0.389. The van der Waals surface area contributed by atoms with Gasteiger partial charge in [0.15, 0.2) is 23.3 Å². The largest absolute Gasteiger partial charge is 0.203 e.